The lowest BCUT2D eigenvalue weighted by atomic mass is 10.3. The highest BCUT2D eigenvalue weighted by molar-refractivity contribution is 7.80. The van der Waals surface area contributed by atoms with Gasteiger partial charge in [-0.1, -0.05) is 0 Å². The smallest absolute Gasteiger partial charge is 0.276 e. The summed E-state index contributed by atoms with van der Waals surface area (Å²) in [5.41, 5.74) is 1.12. The van der Waals surface area contributed by atoms with E-state index in [1.54, 1.807) is 19.6 Å². The van der Waals surface area contributed by atoms with Crippen LogP contribution in [-0.4, -0.2) is 144 Å². The second-order valence-electron chi connectivity index (χ2n) is 10.5. The van der Waals surface area contributed by atoms with Crippen molar-refractivity contribution >= 4 is 70.0 Å². The number of morpholine rings is 2. The molecular weight excluding hydrogens is 581 g/mol. The van der Waals surface area contributed by atoms with Crippen molar-refractivity contribution in [2.75, 3.05) is 92.9 Å². The highest BCUT2D eigenvalue weighted by Gasteiger charge is 2.36. The first-order chi connectivity index (χ1) is 19.8. The van der Waals surface area contributed by atoms with Crippen molar-refractivity contribution in [2.45, 2.75) is 12.8 Å². The molecule has 0 radical (unpaired) electrons. The number of rotatable bonds is 10. The number of carbonyl (C=O) groups is 2. The van der Waals surface area contributed by atoms with Crippen molar-refractivity contribution in [3.63, 3.8) is 0 Å². The minimum atomic E-state index is -0.0726. The van der Waals surface area contributed by atoms with Crippen LogP contribution in [0.4, 0.5) is 0 Å². The van der Waals surface area contributed by atoms with E-state index in [2.05, 4.69) is 9.80 Å². The molecule has 5 rings (SSSR count). The van der Waals surface area contributed by atoms with Gasteiger partial charge < -0.3 is 19.3 Å². The number of amides is 2. The molecule has 13 heteroatoms. The zero-order chi connectivity index (χ0) is 28.9. The van der Waals surface area contributed by atoms with Crippen molar-refractivity contribution in [1.82, 2.24) is 29.4 Å². The van der Waals surface area contributed by atoms with Crippen molar-refractivity contribution in [3.8, 4) is 0 Å². The van der Waals surface area contributed by atoms with Crippen LogP contribution in [0.3, 0.4) is 0 Å². The molecule has 0 N–H and O–H groups in total. The predicted octanol–water partition coefficient (Wildman–Crippen LogP) is 1.99. The van der Waals surface area contributed by atoms with Gasteiger partial charge in [0.2, 0.25) is 0 Å². The summed E-state index contributed by atoms with van der Waals surface area (Å²) in [5, 5.41) is 1.06. The largest absolute Gasteiger partial charge is 0.379 e. The molecule has 4 aliphatic rings. The van der Waals surface area contributed by atoms with E-state index in [1.807, 2.05) is 38.4 Å². The van der Waals surface area contributed by atoms with Gasteiger partial charge in [0.15, 0.2) is 10.2 Å². The minimum Gasteiger partial charge on any atom is -0.379 e. The second-order valence-corrected chi connectivity index (χ2v) is 12.4. The number of carbonyl (C=O) groups excluding carboxylic acids is 2. The van der Waals surface area contributed by atoms with Crippen molar-refractivity contribution in [2.24, 2.45) is 0 Å². The zero-order valence-electron chi connectivity index (χ0n) is 23.7. The molecule has 0 saturated carbocycles. The van der Waals surface area contributed by atoms with E-state index >= 15 is 0 Å². The van der Waals surface area contributed by atoms with Gasteiger partial charge in [-0.25, -0.2) is 0 Å². The molecule has 4 saturated heterocycles. The number of nitrogens with zero attached hydrogens (tertiary/aromatic N) is 6. The van der Waals surface area contributed by atoms with Crippen LogP contribution in [0.25, 0.3) is 12.2 Å². The number of ether oxygens (including phenoxy) is 2. The maximum Gasteiger partial charge on any atom is 0.276 e. The predicted molar refractivity (Wildman–Crippen MR) is 168 cm³/mol. The van der Waals surface area contributed by atoms with Crippen LogP contribution >= 0.6 is 35.8 Å². The van der Waals surface area contributed by atoms with Gasteiger partial charge in [-0.05, 0) is 61.6 Å². The topological polar surface area (TPSA) is 72.0 Å². The minimum absolute atomic E-state index is 0.0726. The Labute approximate surface area is 256 Å². The molecule has 4 aliphatic heterocycles. The molecule has 5 heterocycles. The van der Waals surface area contributed by atoms with Crippen LogP contribution in [-0.2, 0) is 19.1 Å². The lowest BCUT2D eigenvalue weighted by Crippen LogP contribution is -2.39. The van der Waals surface area contributed by atoms with E-state index in [9.17, 15) is 9.59 Å². The Balaban J connectivity index is 1.19. The molecule has 4 fully saturated rings. The Morgan fingerprint density at radius 2 is 1.10 bits per heavy atom. The summed E-state index contributed by atoms with van der Waals surface area (Å²) in [4.78, 5) is 40.0. The summed E-state index contributed by atoms with van der Waals surface area (Å²) >= 11 is 12.7. The van der Waals surface area contributed by atoms with Gasteiger partial charge in [-0.3, -0.25) is 29.2 Å². The Hall–Kier alpha value is -2.26. The second kappa shape index (κ2) is 13.8. The third-order valence-electron chi connectivity index (χ3n) is 7.81. The third-order valence-corrected chi connectivity index (χ3v) is 9.78. The maximum atomic E-state index is 13.3. The summed E-state index contributed by atoms with van der Waals surface area (Å²) in [7, 11) is 3.68. The van der Waals surface area contributed by atoms with E-state index in [0.717, 1.165) is 88.3 Å². The van der Waals surface area contributed by atoms with E-state index in [0.29, 0.717) is 34.7 Å². The van der Waals surface area contributed by atoms with E-state index in [1.165, 1.54) is 11.3 Å². The number of thiophene rings is 1. The number of likely N-dealkylation sites (N-methyl/N-ethyl adjacent to an activating group) is 2. The van der Waals surface area contributed by atoms with E-state index in [4.69, 9.17) is 33.9 Å². The Morgan fingerprint density at radius 1 is 0.707 bits per heavy atom. The molecule has 2 amide bonds. The highest BCUT2D eigenvalue weighted by Crippen LogP contribution is 2.29. The molecular formula is C28H38N6O4S3. The molecule has 1 aromatic heterocycles. The molecule has 41 heavy (non-hydrogen) atoms. The van der Waals surface area contributed by atoms with Gasteiger partial charge in [-0.2, -0.15) is 0 Å². The van der Waals surface area contributed by atoms with Gasteiger partial charge in [0.1, 0.15) is 11.4 Å². The summed E-state index contributed by atoms with van der Waals surface area (Å²) in [5.74, 6) is -0.145. The lowest BCUT2D eigenvalue weighted by Gasteiger charge is -2.27. The normalized spacial score (nSPS) is 23.4. The van der Waals surface area contributed by atoms with Crippen molar-refractivity contribution in [1.29, 1.82) is 0 Å². The third kappa shape index (κ3) is 7.04. The fraction of sp³-hybridized carbons (Fsp3) is 0.571. The van der Waals surface area contributed by atoms with Gasteiger partial charge >= 0.3 is 0 Å². The number of hydrogen-bond acceptors (Lipinski definition) is 9. The van der Waals surface area contributed by atoms with Crippen LogP contribution < -0.4 is 0 Å². The molecule has 0 spiro atoms. The maximum absolute atomic E-state index is 13.3. The molecule has 0 atom stereocenters. The summed E-state index contributed by atoms with van der Waals surface area (Å²) in [6.07, 6.45) is 5.48. The van der Waals surface area contributed by atoms with Crippen LogP contribution in [0.2, 0.25) is 0 Å². The Kier molecular flexibility index (Phi) is 10.2. The lowest BCUT2D eigenvalue weighted by molar-refractivity contribution is -0.123. The zero-order valence-corrected chi connectivity index (χ0v) is 26.2. The summed E-state index contributed by atoms with van der Waals surface area (Å²) < 4.78 is 10.8. The SMILES string of the molecule is CN1C(=S)N(CCCN2CCOCC2)C(=O)/C1=C\c1ccc(/C=C2\C(=O)N(CCCN3CCOCC3)C(=S)N2C)s1. The fourth-order valence-electron chi connectivity index (χ4n) is 5.36. The molecule has 0 aliphatic carbocycles. The first-order valence-electron chi connectivity index (χ1n) is 14.2. The van der Waals surface area contributed by atoms with Gasteiger partial charge in [-0.15, -0.1) is 11.3 Å². The highest BCUT2D eigenvalue weighted by atomic mass is 32.1. The Morgan fingerprint density at radius 3 is 1.49 bits per heavy atom. The monoisotopic (exact) mass is 618 g/mol. The van der Waals surface area contributed by atoms with Gasteiger partial charge in [0.05, 0.1) is 26.4 Å². The molecule has 0 unspecified atom stereocenters. The van der Waals surface area contributed by atoms with E-state index in [-0.39, 0.29) is 11.8 Å². The van der Waals surface area contributed by atoms with Crippen LogP contribution in [0.1, 0.15) is 22.6 Å². The average molecular weight is 619 g/mol. The Bertz CT molecular complexity index is 1130. The average Bonchev–Trinajstić information content (AvgIpc) is 3.58. The molecule has 0 bridgehead atoms. The summed E-state index contributed by atoms with van der Waals surface area (Å²) in [6.45, 7) is 9.81. The van der Waals surface area contributed by atoms with E-state index < -0.39 is 0 Å². The van der Waals surface area contributed by atoms with Crippen LogP contribution in [0, 0.1) is 0 Å². The molecule has 10 nitrogen and oxygen atoms in total. The molecule has 222 valence electrons. The van der Waals surface area contributed by atoms with Gasteiger partial charge in [0.25, 0.3) is 11.8 Å². The first kappa shape index (κ1) is 30.2. The fourth-order valence-corrected chi connectivity index (χ4v) is 6.79. The summed E-state index contributed by atoms with van der Waals surface area (Å²) in [6, 6.07) is 3.93. The number of hydrogen-bond donors (Lipinski definition) is 0. The first-order valence-corrected chi connectivity index (χ1v) is 15.8. The van der Waals surface area contributed by atoms with Crippen molar-refractivity contribution < 1.29 is 19.1 Å². The van der Waals surface area contributed by atoms with Crippen LogP contribution in [0.15, 0.2) is 23.5 Å². The molecule has 1 aromatic rings. The number of thiocarbonyl (C=S) groups is 2. The van der Waals surface area contributed by atoms with Crippen LogP contribution in [0.5, 0.6) is 0 Å². The molecule has 0 aromatic carbocycles. The standard InChI is InChI=1S/C28H38N6O4S3/c1-29-23(25(35)33(27(29)39)9-3-7-31-11-15-37-16-12-31)19-21-5-6-22(41-21)20-24-26(36)34(28(40)30(24)2)10-4-8-32-13-17-38-18-14-32/h5-6,19-20H,3-4,7-18H2,1-2H3/b23-19+,24-20+. The van der Waals surface area contributed by atoms with Gasteiger partial charge in [0, 0.05) is 76.2 Å². The quantitative estimate of drug-likeness (QED) is 0.287. The van der Waals surface area contributed by atoms with Crippen molar-refractivity contribution in [3.05, 3.63) is 33.3 Å².